The van der Waals surface area contributed by atoms with Crippen molar-refractivity contribution in [1.82, 2.24) is 0 Å². The third-order valence-electron chi connectivity index (χ3n) is 3.76. The highest BCUT2D eigenvalue weighted by atomic mass is 16.1. The number of aliphatic imine (C=N–C) groups is 1. The predicted molar refractivity (Wildman–Crippen MR) is 92.7 cm³/mol. The first-order valence-corrected chi connectivity index (χ1v) is 7.62. The summed E-state index contributed by atoms with van der Waals surface area (Å²) in [5.74, 6) is 0. The maximum Gasteiger partial charge on any atom is 0.240 e. The third-order valence-corrected chi connectivity index (χ3v) is 3.76. The van der Waals surface area contributed by atoms with Crippen molar-refractivity contribution >= 4 is 11.8 Å². The highest BCUT2D eigenvalue weighted by Crippen LogP contribution is 2.17. The van der Waals surface area contributed by atoms with Crippen LogP contribution in [0.25, 0.3) is 0 Å². The van der Waals surface area contributed by atoms with Gasteiger partial charge in [0.05, 0.1) is 5.69 Å². The Labute approximate surface area is 136 Å². The zero-order chi connectivity index (χ0) is 15.9. The fourth-order valence-corrected chi connectivity index (χ4v) is 2.66. The third kappa shape index (κ3) is 4.26. The summed E-state index contributed by atoms with van der Waals surface area (Å²) in [7, 11) is 0. The minimum absolute atomic E-state index is 0.640. The molecule has 0 fully saturated rings. The van der Waals surface area contributed by atoms with Crippen LogP contribution in [0.2, 0.25) is 0 Å². The largest absolute Gasteiger partial charge is 0.240 e. The first-order valence-electron chi connectivity index (χ1n) is 7.62. The molecule has 0 aliphatic carbocycles. The van der Waals surface area contributed by atoms with E-state index in [0.29, 0.717) is 5.69 Å². The molecule has 0 N–H and O–H groups in total. The molecule has 3 aromatic rings. The van der Waals surface area contributed by atoms with Crippen LogP contribution in [0.5, 0.6) is 0 Å². The Morgan fingerprint density at radius 1 is 0.652 bits per heavy atom. The van der Waals surface area contributed by atoms with Crippen LogP contribution in [-0.2, 0) is 17.6 Å². The van der Waals surface area contributed by atoms with Crippen molar-refractivity contribution in [2.45, 2.75) is 12.8 Å². The van der Waals surface area contributed by atoms with Crippen molar-refractivity contribution in [2.24, 2.45) is 4.99 Å². The van der Waals surface area contributed by atoms with Crippen LogP contribution in [-0.4, -0.2) is 6.08 Å². The molecule has 2 heteroatoms. The van der Waals surface area contributed by atoms with Crippen LogP contribution in [0.1, 0.15) is 22.3 Å². The van der Waals surface area contributed by atoms with Gasteiger partial charge in [-0.15, -0.1) is 0 Å². The molecule has 0 bridgehead atoms. The van der Waals surface area contributed by atoms with Gasteiger partial charge in [0.1, 0.15) is 0 Å². The normalized spacial score (nSPS) is 10.1. The first-order chi connectivity index (χ1) is 11.3. The lowest BCUT2D eigenvalue weighted by Gasteiger charge is -2.06. The summed E-state index contributed by atoms with van der Waals surface area (Å²) in [5.41, 5.74) is 5.76. The van der Waals surface area contributed by atoms with Gasteiger partial charge >= 0.3 is 0 Å². The van der Waals surface area contributed by atoms with Gasteiger partial charge in [-0.2, -0.15) is 4.99 Å². The molecule has 0 saturated heterocycles. The Kier molecular flexibility index (Phi) is 4.78. The molecule has 112 valence electrons. The lowest BCUT2D eigenvalue weighted by Crippen LogP contribution is -1.92. The van der Waals surface area contributed by atoms with E-state index in [1.54, 1.807) is 6.08 Å². The standard InChI is InChI=1S/C21H17NO/c23-16-22-21-11-9-18(10-12-21)14-20-8-4-7-19(15-20)13-17-5-2-1-3-6-17/h1-12,15H,13-14H2. The van der Waals surface area contributed by atoms with Gasteiger partial charge in [0.2, 0.25) is 6.08 Å². The molecule has 0 aromatic heterocycles. The number of carbonyl (C=O) groups excluding carboxylic acids is 1. The van der Waals surface area contributed by atoms with E-state index in [1.807, 2.05) is 30.3 Å². The van der Waals surface area contributed by atoms with E-state index in [1.165, 1.54) is 22.3 Å². The molecule has 2 nitrogen and oxygen atoms in total. The highest BCUT2D eigenvalue weighted by Gasteiger charge is 2.00. The maximum atomic E-state index is 10.2. The quantitative estimate of drug-likeness (QED) is 0.490. The van der Waals surface area contributed by atoms with E-state index in [-0.39, 0.29) is 0 Å². The zero-order valence-electron chi connectivity index (χ0n) is 12.8. The Morgan fingerprint density at radius 3 is 1.83 bits per heavy atom. The van der Waals surface area contributed by atoms with E-state index in [4.69, 9.17) is 0 Å². The summed E-state index contributed by atoms with van der Waals surface area (Å²) < 4.78 is 0. The van der Waals surface area contributed by atoms with E-state index in [9.17, 15) is 4.79 Å². The lowest BCUT2D eigenvalue weighted by molar-refractivity contribution is 0.565. The summed E-state index contributed by atoms with van der Waals surface area (Å²) in [6.45, 7) is 0. The topological polar surface area (TPSA) is 29.4 Å². The fraction of sp³-hybridized carbons (Fsp3) is 0.0952. The fourth-order valence-electron chi connectivity index (χ4n) is 2.66. The average Bonchev–Trinajstić information content (AvgIpc) is 2.58. The molecule has 0 saturated carbocycles. The lowest BCUT2D eigenvalue weighted by atomic mass is 9.99. The molecular formula is C21H17NO. The smallest absolute Gasteiger partial charge is 0.211 e. The molecular weight excluding hydrogens is 282 g/mol. The van der Waals surface area contributed by atoms with Crippen LogP contribution in [0.3, 0.4) is 0 Å². The Hall–Kier alpha value is -2.96. The maximum absolute atomic E-state index is 10.2. The molecule has 0 amide bonds. The second-order valence-corrected chi connectivity index (χ2v) is 5.53. The second-order valence-electron chi connectivity index (χ2n) is 5.53. The van der Waals surface area contributed by atoms with Crippen molar-refractivity contribution in [3.8, 4) is 0 Å². The summed E-state index contributed by atoms with van der Waals surface area (Å²) in [4.78, 5) is 13.9. The van der Waals surface area contributed by atoms with Crippen LogP contribution < -0.4 is 0 Å². The summed E-state index contributed by atoms with van der Waals surface area (Å²) in [5, 5.41) is 0. The molecule has 0 atom stereocenters. The second kappa shape index (κ2) is 7.35. The van der Waals surface area contributed by atoms with Crippen molar-refractivity contribution < 1.29 is 4.79 Å². The van der Waals surface area contributed by atoms with Gasteiger partial charge in [-0.1, -0.05) is 66.7 Å². The van der Waals surface area contributed by atoms with Gasteiger partial charge in [-0.3, -0.25) is 0 Å². The van der Waals surface area contributed by atoms with E-state index >= 15 is 0 Å². The highest BCUT2D eigenvalue weighted by molar-refractivity contribution is 5.49. The molecule has 0 spiro atoms. The van der Waals surface area contributed by atoms with Gasteiger partial charge in [0, 0.05) is 0 Å². The minimum Gasteiger partial charge on any atom is -0.211 e. The molecule has 0 unspecified atom stereocenters. The number of hydrogen-bond acceptors (Lipinski definition) is 2. The van der Waals surface area contributed by atoms with Gasteiger partial charge in [-0.05, 0) is 47.2 Å². The van der Waals surface area contributed by atoms with Gasteiger partial charge in [0.15, 0.2) is 0 Å². The van der Waals surface area contributed by atoms with Crippen molar-refractivity contribution in [3.63, 3.8) is 0 Å². The summed E-state index contributed by atoms with van der Waals surface area (Å²) in [6, 6.07) is 26.8. The monoisotopic (exact) mass is 299 g/mol. The van der Waals surface area contributed by atoms with Crippen molar-refractivity contribution in [1.29, 1.82) is 0 Å². The number of nitrogens with zero attached hydrogens (tertiary/aromatic N) is 1. The molecule has 3 aromatic carbocycles. The van der Waals surface area contributed by atoms with Crippen molar-refractivity contribution in [2.75, 3.05) is 0 Å². The zero-order valence-corrected chi connectivity index (χ0v) is 12.8. The van der Waals surface area contributed by atoms with Crippen LogP contribution in [0.4, 0.5) is 5.69 Å². The summed E-state index contributed by atoms with van der Waals surface area (Å²) >= 11 is 0. The van der Waals surface area contributed by atoms with Crippen molar-refractivity contribution in [3.05, 3.63) is 101 Å². The minimum atomic E-state index is 0.640. The Balaban J connectivity index is 1.73. The molecule has 3 rings (SSSR count). The van der Waals surface area contributed by atoms with Gasteiger partial charge in [0.25, 0.3) is 0 Å². The van der Waals surface area contributed by atoms with E-state index in [2.05, 4.69) is 53.5 Å². The van der Waals surface area contributed by atoms with Crippen LogP contribution >= 0.6 is 0 Å². The number of rotatable bonds is 5. The van der Waals surface area contributed by atoms with Crippen LogP contribution in [0.15, 0.2) is 83.9 Å². The molecule has 0 aliphatic rings. The molecule has 0 aliphatic heterocycles. The van der Waals surface area contributed by atoms with Crippen LogP contribution in [0, 0.1) is 0 Å². The average molecular weight is 299 g/mol. The first kappa shape index (κ1) is 15.0. The Bertz CT molecular complexity index is 816. The number of benzene rings is 3. The SMILES string of the molecule is O=C=Nc1ccc(Cc2cccc(Cc3ccccc3)c2)cc1. The number of isocyanates is 1. The van der Waals surface area contributed by atoms with Gasteiger partial charge in [-0.25, -0.2) is 4.79 Å². The molecule has 0 radical (unpaired) electrons. The predicted octanol–water partition coefficient (Wildman–Crippen LogP) is 4.84. The van der Waals surface area contributed by atoms with E-state index in [0.717, 1.165) is 12.8 Å². The summed E-state index contributed by atoms with van der Waals surface area (Å²) in [6.07, 6.45) is 3.37. The van der Waals surface area contributed by atoms with E-state index < -0.39 is 0 Å². The molecule has 23 heavy (non-hydrogen) atoms. The van der Waals surface area contributed by atoms with Gasteiger partial charge < -0.3 is 0 Å². The molecule has 0 heterocycles. The Morgan fingerprint density at radius 2 is 1.22 bits per heavy atom. The number of hydrogen-bond donors (Lipinski definition) is 0.